The number of Topliss-reactive ketones (excluding diaryl/α,β-unsaturated/α-hetero) is 1. The number of hydrogen-bond donors (Lipinski definition) is 0. The van der Waals surface area contributed by atoms with Crippen molar-refractivity contribution in [1.82, 2.24) is 0 Å². The molecule has 5 rings (SSSR count). The first kappa shape index (κ1) is 20.7. The van der Waals surface area contributed by atoms with Gasteiger partial charge in [-0.2, -0.15) is 0 Å². The highest BCUT2D eigenvalue weighted by Gasteiger charge is 2.23. The molecule has 1 nitrogen and oxygen atoms in total. The minimum absolute atomic E-state index is 0.333. The summed E-state index contributed by atoms with van der Waals surface area (Å²) in [6, 6.07) is 24.0. The molecule has 0 bridgehead atoms. The molecule has 2 aliphatic carbocycles. The molecule has 160 valence electrons. The lowest BCUT2D eigenvalue weighted by molar-refractivity contribution is -0.118. The molecule has 0 amide bonds. The minimum Gasteiger partial charge on any atom is -0.299 e. The largest absolute Gasteiger partial charge is 0.299 e. The summed E-state index contributed by atoms with van der Waals surface area (Å²) in [5.41, 5.74) is 12.0. The maximum atomic E-state index is 12.8. The summed E-state index contributed by atoms with van der Waals surface area (Å²) in [7, 11) is 0. The summed E-state index contributed by atoms with van der Waals surface area (Å²) < 4.78 is 0. The van der Waals surface area contributed by atoms with Crippen LogP contribution < -0.4 is 0 Å². The van der Waals surface area contributed by atoms with Crippen LogP contribution in [-0.2, 0) is 17.6 Å². The van der Waals surface area contributed by atoms with Crippen molar-refractivity contribution >= 4 is 11.4 Å². The number of allylic oxidation sites excluding steroid dienone is 4. The molecular weight excluding hydrogens is 388 g/mol. The Morgan fingerprint density at radius 1 is 0.906 bits per heavy atom. The third-order valence-electron chi connectivity index (χ3n) is 7.05. The smallest absolute Gasteiger partial charge is 0.137 e. The molecule has 1 unspecified atom stereocenters. The van der Waals surface area contributed by atoms with Crippen molar-refractivity contribution in [3.05, 3.63) is 112 Å². The quantitative estimate of drug-likeness (QED) is 0.303. The Hall–Kier alpha value is -3.19. The SMILES string of the molecule is CCC1C(CCC(=O)Cc2ccc3c(c2)Cc2ccccc2-3)=CC=C1c1ccc(C)cc1. The third-order valence-corrected chi connectivity index (χ3v) is 7.05. The molecule has 2 aliphatic rings. The summed E-state index contributed by atoms with van der Waals surface area (Å²) in [6.45, 7) is 4.37. The molecule has 3 aromatic rings. The lowest BCUT2D eigenvalue weighted by Crippen LogP contribution is -2.07. The van der Waals surface area contributed by atoms with Crippen molar-refractivity contribution in [1.29, 1.82) is 0 Å². The topological polar surface area (TPSA) is 17.1 Å². The van der Waals surface area contributed by atoms with Crippen LogP contribution in [0.1, 0.15) is 54.0 Å². The summed E-state index contributed by atoms with van der Waals surface area (Å²) in [6.07, 6.45) is 8.58. The van der Waals surface area contributed by atoms with Gasteiger partial charge in [-0.05, 0) is 65.1 Å². The maximum Gasteiger partial charge on any atom is 0.137 e. The monoisotopic (exact) mass is 418 g/mol. The van der Waals surface area contributed by atoms with Crippen LogP contribution >= 0.6 is 0 Å². The summed E-state index contributed by atoms with van der Waals surface area (Å²) in [5, 5.41) is 0. The van der Waals surface area contributed by atoms with Crippen LogP contribution in [0.25, 0.3) is 16.7 Å². The molecule has 0 fully saturated rings. The molecule has 0 aliphatic heterocycles. The third kappa shape index (κ3) is 4.00. The van der Waals surface area contributed by atoms with Crippen LogP contribution in [0, 0.1) is 12.8 Å². The Balaban J connectivity index is 1.20. The van der Waals surface area contributed by atoms with Gasteiger partial charge in [-0.1, -0.05) is 96.9 Å². The van der Waals surface area contributed by atoms with E-state index in [4.69, 9.17) is 0 Å². The molecule has 1 heteroatoms. The number of fused-ring (bicyclic) bond motifs is 3. The van der Waals surface area contributed by atoms with E-state index in [0.717, 1.165) is 24.8 Å². The molecule has 3 aromatic carbocycles. The van der Waals surface area contributed by atoms with Gasteiger partial charge in [-0.25, -0.2) is 0 Å². The van der Waals surface area contributed by atoms with Crippen molar-refractivity contribution in [2.75, 3.05) is 0 Å². The average molecular weight is 419 g/mol. The van der Waals surface area contributed by atoms with Crippen LogP contribution in [0.4, 0.5) is 0 Å². The van der Waals surface area contributed by atoms with E-state index in [9.17, 15) is 4.79 Å². The Morgan fingerprint density at radius 3 is 2.50 bits per heavy atom. The van der Waals surface area contributed by atoms with Crippen LogP contribution in [0.2, 0.25) is 0 Å². The number of hydrogen-bond acceptors (Lipinski definition) is 1. The highest BCUT2D eigenvalue weighted by Crippen LogP contribution is 2.39. The fourth-order valence-electron chi connectivity index (χ4n) is 5.32. The van der Waals surface area contributed by atoms with E-state index in [-0.39, 0.29) is 0 Å². The van der Waals surface area contributed by atoms with Gasteiger partial charge in [0.15, 0.2) is 0 Å². The van der Waals surface area contributed by atoms with Gasteiger partial charge >= 0.3 is 0 Å². The lowest BCUT2D eigenvalue weighted by atomic mass is 9.86. The van der Waals surface area contributed by atoms with Crippen LogP contribution in [0.3, 0.4) is 0 Å². The number of carbonyl (C=O) groups excluding carboxylic acids is 1. The van der Waals surface area contributed by atoms with Crippen molar-refractivity contribution < 1.29 is 4.79 Å². The van der Waals surface area contributed by atoms with Gasteiger partial charge in [0.2, 0.25) is 0 Å². The van der Waals surface area contributed by atoms with Gasteiger partial charge in [0.25, 0.3) is 0 Å². The zero-order valence-electron chi connectivity index (χ0n) is 19.0. The van der Waals surface area contributed by atoms with E-state index in [1.165, 1.54) is 44.5 Å². The van der Waals surface area contributed by atoms with Gasteiger partial charge in [-0.15, -0.1) is 0 Å². The molecule has 0 heterocycles. The molecular formula is C31H30O. The van der Waals surface area contributed by atoms with Gasteiger partial charge in [0.1, 0.15) is 5.78 Å². The van der Waals surface area contributed by atoms with Crippen LogP contribution in [0.15, 0.2) is 84.5 Å². The van der Waals surface area contributed by atoms with E-state index in [1.807, 2.05) is 0 Å². The van der Waals surface area contributed by atoms with Gasteiger partial charge in [0.05, 0.1) is 0 Å². The fraction of sp³-hybridized carbons (Fsp3) is 0.258. The summed E-state index contributed by atoms with van der Waals surface area (Å²) in [4.78, 5) is 12.8. The molecule has 0 radical (unpaired) electrons. The molecule has 0 N–H and O–H groups in total. The molecule has 0 saturated carbocycles. The number of ketones is 1. The second-order valence-electron chi connectivity index (χ2n) is 9.23. The highest BCUT2D eigenvalue weighted by atomic mass is 16.1. The number of benzene rings is 3. The fourth-order valence-corrected chi connectivity index (χ4v) is 5.32. The lowest BCUT2D eigenvalue weighted by Gasteiger charge is -2.18. The second-order valence-corrected chi connectivity index (χ2v) is 9.23. The number of aryl methyl sites for hydroxylation is 1. The van der Waals surface area contributed by atoms with Crippen molar-refractivity contribution in [2.45, 2.75) is 46.0 Å². The predicted octanol–water partition coefficient (Wildman–Crippen LogP) is 7.51. The van der Waals surface area contributed by atoms with Gasteiger partial charge in [0, 0.05) is 18.8 Å². The Kier molecular flexibility index (Phi) is 5.66. The minimum atomic E-state index is 0.333. The molecule has 32 heavy (non-hydrogen) atoms. The first-order valence-corrected chi connectivity index (χ1v) is 11.8. The summed E-state index contributed by atoms with van der Waals surface area (Å²) >= 11 is 0. The molecule has 0 spiro atoms. The van der Waals surface area contributed by atoms with Gasteiger partial charge in [-0.3, -0.25) is 4.79 Å². The molecule has 1 atom stereocenters. The highest BCUT2D eigenvalue weighted by molar-refractivity contribution is 5.83. The zero-order valence-corrected chi connectivity index (χ0v) is 19.0. The average Bonchev–Trinajstić information content (AvgIpc) is 3.38. The van der Waals surface area contributed by atoms with Gasteiger partial charge < -0.3 is 0 Å². The van der Waals surface area contributed by atoms with E-state index < -0.39 is 0 Å². The van der Waals surface area contributed by atoms with Crippen molar-refractivity contribution in [2.24, 2.45) is 5.92 Å². The van der Waals surface area contributed by atoms with Crippen LogP contribution in [-0.4, -0.2) is 5.78 Å². The van der Waals surface area contributed by atoms with Crippen molar-refractivity contribution in [3.8, 4) is 11.1 Å². The number of rotatable bonds is 7. The van der Waals surface area contributed by atoms with Crippen LogP contribution in [0.5, 0.6) is 0 Å². The zero-order chi connectivity index (χ0) is 22.1. The van der Waals surface area contributed by atoms with E-state index in [1.54, 1.807) is 0 Å². The first-order valence-electron chi connectivity index (χ1n) is 11.8. The van der Waals surface area contributed by atoms with E-state index >= 15 is 0 Å². The molecule has 0 aromatic heterocycles. The number of carbonyl (C=O) groups is 1. The Labute approximate surface area is 191 Å². The Morgan fingerprint density at radius 2 is 1.69 bits per heavy atom. The Bertz CT molecular complexity index is 1220. The van der Waals surface area contributed by atoms with Crippen molar-refractivity contribution in [3.63, 3.8) is 0 Å². The predicted molar refractivity (Wildman–Crippen MR) is 134 cm³/mol. The van der Waals surface area contributed by atoms with E-state index in [2.05, 4.69) is 92.7 Å². The van der Waals surface area contributed by atoms with E-state index in [0.29, 0.717) is 24.5 Å². The summed E-state index contributed by atoms with van der Waals surface area (Å²) in [5.74, 6) is 0.768. The molecule has 0 saturated heterocycles. The maximum absolute atomic E-state index is 12.8. The normalized spacial score (nSPS) is 16.4. The first-order chi connectivity index (χ1) is 15.6. The second kappa shape index (κ2) is 8.74. The standard InChI is InChI=1S/C31H30O/c1-3-28-23(14-17-30(28)24-11-8-21(2)9-12-24)13-15-27(32)19-22-10-16-31-26(18-22)20-25-6-4-5-7-29(25)31/h4-12,14,16-18,28H,3,13,15,19-20H2,1-2H3.